The van der Waals surface area contributed by atoms with Crippen LogP contribution in [0, 0.1) is 0 Å². The van der Waals surface area contributed by atoms with Gasteiger partial charge in [0.2, 0.25) is 11.8 Å². The highest BCUT2D eigenvalue weighted by molar-refractivity contribution is 5.87. The van der Waals surface area contributed by atoms with Gasteiger partial charge in [-0.15, -0.1) is 0 Å². The molecule has 0 saturated heterocycles. The van der Waals surface area contributed by atoms with Gasteiger partial charge in [0, 0.05) is 12.8 Å². The summed E-state index contributed by atoms with van der Waals surface area (Å²) >= 11 is 0. The van der Waals surface area contributed by atoms with E-state index >= 15 is 0 Å². The highest BCUT2D eigenvalue weighted by atomic mass is 16.5. The van der Waals surface area contributed by atoms with Crippen LogP contribution in [0.3, 0.4) is 0 Å². The molecular weight excluding hydrogens is 681 g/mol. The number of allylic oxidation sites excluding steroid dienone is 9. The third-order valence-electron chi connectivity index (χ3n) is 8.98. The van der Waals surface area contributed by atoms with Crippen molar-refractivity contribution in [3.8, 4) is 0 Å². The molecule has 54 heavy (non-hydrogen) atoms. The SMILES string of the molecule is CC/C=C\C/C=C\C/C=C\C/C=C\CCCCCCCCC(=O)OC(/C=C\CCCCCCCC)CCCCCCC(=O)NCC(=O)NC(CO)C(=O)O. The summed E-state index contributed by atoms with van der Waals surface area (Å²) in [6.45, 7) is 3.31. The van der Waals surface area contributed by atoms with Gasteiger partial charge >= 0.3 is 11.9 Å². The third kappa shape index (κ3) is 35.6. The number of hydrogen-bond acceptors (Lipinski definition) is 6. The first kappa shape index (κ1) is 50.5. The molecule has 0 aliphatic carbocycles. The first-order valence-corrected chi connectivity index (χ1v) is 21.2. The number of esters is 1. The molecule has 2 atom stereocenters. The Morgan fingerprint density at radius 1 is 0.593 bits per heavy atom. The van der Waals surface area contributed by atoms with Gasteiger partial charge in [0.25, 0.3) is 0 Å². The Balaban J connectivity index is 4.27. The predicted octanol–water partition coefficient (Wildman–Crippen LogP) is 10.1. The number of aliphatic hydroxyl groups excluding tert-OH is 1. The number of nitrogens with one attached hydrogen (secondary N) is 2. The lowest BCUT2D eigenvalue weighted by Gasteiger charge is -2.15. The second-order valence-corrected chi connectivity index (χ2v) is 14.0. The molecule has 0 aromatic rings. The first-order chi connectivity index (χ1) is 26.3. The molecule has 0 aliphatic heterocycles. The second kappa shape index (κ2) is 39.2. The Morgan fingerprint density at radius 2 is 1.11 bits per heavy atom. The molecule has 0 heterocycles. The lowest BCUT2D eigenvalue weighted by atomic mass is 10.1. The van der Waals surface area contributed by atoms with Gasteiger partial charge in [-0.2, -0.15) is 0 Å². The van der Waals surface area contributed by atoms with Crippen molar-refractivity contribution in [2.45, 2.75) is 187 Å². The van der Waals surface area contributed by atoms with Crippen molar-refractivity contribution in [3.63, 3.8) is 0 Å². The van der Waals surface area contributed by atoms with E-state index in [1.165, 1.54) is 51.4 Å². The normalized spacial score (nSPS) is 13.1. The van der Waals surface area contributed by atoms with Crippen LogP contribution in [0.25, 0.3) is 0 Å². The van der Waals surface area contributed by atoms with Gasteiger partial charge in [-0.25, -0.2) is 4.79 Å². The quantitative estimate of drug-likeness (QED) is 0.0281. The number of aliphatic carboxylic acids is 1. The van der Waals surface area contributed by atoms with Gasteiger partial charge in [0.15, 0.2) is 0 Å². The number of carbonyl (C=O) groups excluding carboxylic acids is 3. The number of aliphatic hydroxyl groups is 1. The van der Waals surface area contributed by atoms with Crippen LogP contribution in [0.2, 0.25) is 0 Å². The van der Waals surface area contributed by atoms with Gasteiger partial charge in [0.05, 0.1) is 13.2 Å². The molecule has 308 valence electrons. The first-order valence-electron chi connectivity index (χ1n) is 21.2. The van der Waals surface area contributed by atoms with Crippen LogP contribution in [-0.4, -0.2) is 59.3 Å². The van der Waals surface area contributed by atoms with E-state index in [2.05, 4.69) is 85.2 Å². The Labute approximate surface area is 328 Å². The molecule has 0 radical (unpaired) electrons. The Bertz CT molecular complexity index is 1100. The van der Waals surface area contributed by atoms with Gasteiger partial charge in [-0.1, -0.05) is 139 Å². The zero-order valence-electron chi connectivity index (χ0n) is 34.0. The Hall–Kier alpha value is -3.46. The standard InChI is InChI=1S/C45H76N2O7/c1-3-5-7-9-11-13-14-15-16-17-18-19-20-21-22-23-25-27-33-37-44(51)54-40(34-30-26-24-12-10-8-6-4-2)35-31-28-29-32-36-42(49)46-38-43(50)47-41(39-48)45(52)53/h5,7,11,13,15-16,18-19,30,34,40-41,48H,3-4,6,8-10,12,14,17,20-29,31-33,35-39H2,1-2H3,(H,46,49)(H,47,50)(H,52,53)/b7-5-,13-11-,16-15-,19-18-,34-30-. The van der Waals surface area contributed by atoms with Gasteiger partial charge in [0.1, 0.15) is 12.1 Å². The number of carboxylic acids is 1. The molecule has 2 amide bonds. The summed E-state index contributed by atoms with van der Waals surface area (Å²) in [7, 11) is 0. The molecule has 0 aliphatic rings. The zero-order valence-corrected chi connectivity index (χ0v) is 34.0. The van der Waals surface area contributed by atoms with Gasteiger partial charge in [-0.3, -0.25) is 14.4 Å². The van der Waals surface area contributed by atoms with Crippen molar-refractivity contribution in [1.29, 1.82) is 0 Å². The van der Waals surface area contributed by atoms with E-state index in [0.29, 0.717) is 12.8 Å². The summed E-state index contributed by atoms with van der Waals surface area (Å²) < 4.78 is 5.90. The van der Waals surface area contributed by atoms with Crippen LogP contribution in [0.15, 0.2) is 60.8 Å². The van der Waals surface area contributed by atoms with E-state index in [0.717, 1.165) is 89.9 Å². The molecule has 0 spiro atoms. The molecule has 0 bridgehead atoms. The number of carboxylic acid groups (broad SMARTS) is 1. The minimum absolute atomic E-state index is 0.127. The Morgan fingerprint density at radius 3 is 1.70 bits per heavy atom. The maximum atomic E-state index is 12.7. The van der Waals surface area contributed by atoms with Crippen LogP contribution < -0.4 is 10.6 Å². The summed E-state index contributed by atoms with van der Waals surface area (Å²) in [6.07, 6.45) is 46.9. The van der Waals surface area contributed by atoms with Crippen molar-refractivity contribution >= 4 is 23.8 Å². The molecule has 9 heteroatoms. The summed E-state index contributed by atoms with van der Waals surface area (Å²) in [5.41, 5.74) is 0. The number of carbonyl (C=O) groups is 4. The Kier molecular flexibility index (Phi) is 36.7. The number of ether oxygens (including phenoxy) is 1. The van der Waals surface area contributed by atoms with Crippen molar-refractivity contribution in [3.05, 3.63) is 60.8 Å². The highest BCUT2D eigenvalue weighted by Crippen LogP contribution is 2.15. The van der Waals surface area contributed by atoms with E-state index < -0.39 is 24.5 Å². The van der Waals surface area contributed by atoms with E-state index in [-0.39, 0.29) is 30.9 Å². The van der Waals surface area contributed by atoms with E-state index in [4.69, 9.17) is 14.9 Å². The summed E-state index contributed by atoms with van der Waals surface area (Å²) in [4.78, 5) is 47.5. The molecule has 4 N–H and O–H groups in total. The maximum absolute atomic E-state index is 12.7. The van der Waals surface area contributed by atoms with E-state index in [1.807, 2.05) is 0 Å². The molecule has 0 fully saturated rings. The topological polar surface area (TPSA) is 142 Å². The zero-order chi connectivity index (χ0) is 39.7. The molecule has 0 saturated carbocycles. The fraction of sp³-hybridized carbons (Fsp3) is 0.689. The molecule has 0 aromatic carbocycles. The number of amides is 2. The molecule has 0 rings (SSSR count). The van der Waals surface area contributed by atoms with Crippen LogP contribution in [-0.2, 0) is 23.9 Å². The number of hydrogen-bond donors (Lipinski definition) is 4. The van der Waals surface area contributed by atoms with Crippen molar-refractivity contribution in [2.75, 3.05) is 13.2 Å². The number of unbranched alkanes of at least 4 members (excludes halogenated alkanes) is 15. The van der Waals surface area contributed by atoms with Gasteiger partial charge < -0.3 is 25.6 Å². The minimum atomic E-state index is -1.39. The highest BCUT2D eigenvalue weighted by Gasteiger charge is 2.18. The van der Waals surface area contributed by atoms with Crippen LogP contribution in [0.5, 0.6) is 0 Å². The van der Waals surface area contributed by atoms with E-state index in [9.17, 15) is 19.2 Å². The van der Waals surface area contributed by atoms with Crippen LogP contribution in [0.1, 0.15) is 174 Å². The maximum Gasteiger partial charge on any atom is 0.328 e. The predicted molar refractivity (Wildman–Crippen MR) is 222 cm³/mol. The minimum Gasteiger partial charge on any atom is -0.480 e. The largest absolute Gasteiger partial charge is 0.480 e. The van der Waals surface area contributed by atoms with E-state index in [1.54, 1.807) is 0 Å². The lowest BCUT2D eigenvalue weighted by molar-refractivity contribution is -0.147. The summed E-state index contributed by atoms with van der Waals surface area (Å²) in [5.74, 6) is -2.42. The average Bonchev–Trinajstić information content (AvgIpc) is 3.15. The smallest absolute Gasteiger partial charge is 0.328 e. The van der Waals surface area contributed by atoms with Crippen LogP contribution >= 0.6 is 0 Å². The summed E-state index contributed by atoms with van der Waals surface area (Å²) in [5, 5.41) is 22.5. The monoisotopic (exact) mass is 757 g/mol. The van der Waals surface area contributed by atoms with Crippen molar-refractivity contribution in [2.24, 2.45) is 0 Å². The molecular formula is C45H76N2O7. The second-order valence-electron chi connectivity index (χ2n) is 14.0. The van der Waals surface area contributed by atoms with Crippen molar-refractivity contribution < 1.29 is 34.1 Å². The fourth-order valence-corrected chi connectivity index (χ4v) is 5.73. The fourth-order valence-electron chi connectivity index (χ4n) is 5.73. The van der Waals surface area contributed by atoms with Gasteiger partial charge in [-0.05, 0) is 83.1 Å². The average molecular weight is 757 g/mol. The van der Waals surface area contributed by atoms with Crippen molar-refractivity contribution in [1.82, 2.24) is 10.6 Å². The molecule has 9 nitrogen and oxygen atoms in total. The molecule has 2 unspecified atom stereocenters. The number of rotatable bonds is 37. The van der Waals surface area contributed by atoms with Crippen LogP contribution in [0.4, 0.5) is 0 Å². The third-order valence-corrected chi connectivity index (χ3v) is 8.98. The lowest BCUT2D eigenvalue weighted by Crippen LogP contribution is -2.47. The summed E-state index contributed by atoms with van der Waals surface area (Å²) in [6, 6.07) is -1.39. The molecule has 0 aromatic heterocycles.